The van der Waals surface area contributed by atoms with E-state index in [4.69, 9.17) is 0 Å². The van der Waals surface area contributed by atoms with Crippen LogP contribution in [0, 0.1) is 6.92 Å². The van der Waals surface area contributed by atoms with Crippen molar-refractivity contribution in [1.82, 2.24) is 20.1 Å². The quantitative estimate of drug-likeness (QED) is 0.466. The van der Waals surface area contributed by atoms with E-state index in [9.17, 15) is 18.4 Å². The number of hydrogen-bond acceptors (Lipinski definition) is 4. The van der Waals surface area contributed by atoms with E-state index in [-0.39, 0.29) is 12.3 Å². The summed E-state index contributed by atoms with van der Waals surface area (Å²) in [4.78, 5) is 31.0. The van der Waals surface area contributed by atoms with Crippen molar-refractivity contribution in [2.24, 2.45) is 0 Å². The second-order valence-corrected chi connectivity index (χ2v) is 8.75. The maximum absolute atomic E-state index is 13.6. The number of hydrogen-bond donors (Lipinski definition) is 1. The zero-order chi connectivity index (χ0) is 24.7. The molecule has 9 heteroatoms. The molecule has 2 atom stereocenters. The number of carbonyl (C=O) groups excluding carboxylic acids is 2. The van der Waals surface area contributed by atoms with Crippen molar-refractivity contribution in [2.75, 3.05) is 4.90 Å². The number of nitrogens with zero attached hydrogens (tertiary/aromatic N) is 4. The van der Waals surface area contributed by atoms with E-state index in [1.165, 1.54) is 0 Å². The minimum Gasteiger partial charge on any atom is -0.345 e. The summed E-state index contributed by atoms with van der Waals surface area (Å²) in [7, 11) is 0. The van der Waals surface area contributed by atoms with Crippen LogP contribution >= 0.6 is 0 Å². The number of amides is 2. The molecule has 4 aromatic rings. The fourth-order valence-corrected chi connectivity index (χ4v) is 4.53. The second kappa shape index (κ2) is 8.57. The maximum atomic E-state index is 13.6. The van der Waals surface area contributed by atoms with Crippen LogP contribution in [-0.2, 0) is 9.59 Å². The number of fused-ring (bicyclic) bond motifs is 1. The summed E-state index contributed by atoms with van der Waals surface area (Å²) in [6.07, 6.45) is 3.34. The van der Waals surface area contributed by atoms with Gasteiger partial charge in [-0.3, -0.25) is 14.6 Å². The van der Waals surface area contributed by atoms with Crippen LogP contribution in [0.4, 0.5) is 14.5 Å². The Kier molecular flexibility index (Phi) is 5.55. The van der Waals surface area contributed by atoms with Crippen molar-refractivity contribution in [1.29, 1.82) is 0 Å². The molecule has 1 aliphatic rings. The van der Waals surface area contributed by atoms with Crippen molar-refractivity contribution in [3.8, 4) is 5.69 Å². The van der Waals surface area contributed by atoms with Crippen LogP contribution in [0.1, 0.15) is 30.6 Å². The van der Waals surface area contributed by atoms with Gasteiger partial charge in [0.2, 0.25) is 5.91 Å². The highest BCUT2D eigenvalue weighted by Crippen LogP contribution is 2.39. The summed E-state index contributed by atoms with van der Waals surface area (Å²) in [5.41, 5.74) is 3.91. The minimum atomic E-state index is -3.55. The third-order valence-electron chi connectivity index (χ3n) is 6.13. The number of nitrogens with one attached hydrogen (secondary N) is 1. The van der Waals surface area contributed by atoms with Gasteiger partial charge in [0.25, 0.3) is 5.91 Å². The van der Waals surface area contributed by atoms with Gasteiger partial charge in [0.1, 0.15) is 0 Å². The van der Waals surface area contributed by atoms with Crippen molar-refractivity contribution in [3.05, 3.63) is 84.3 Å². The minimum absolute atomic E-state index is 0.0883. The SMILES string of the molecule is Cc1cc(-n2ncc3cc(N4C(=O)C[C@@H](NC(=O)C(C)(F)F)[C@@H]4c4ccccc4)ccc32)ccn1. The smallest absolute Gasteiger partial charge is 0.321 e. The van der Waals surface area contributed by atoms with Gasteiger partial charge in [-0.25, -0.2) is 4.68 Å². The van der Waals surface area contributed by atoms with Crippen LogP contribution in [0.15, 0.2) is 73.1 Å². The molecule has 1 saturated heterocycles. The van der Waals surface area contributed by atoms with E-state index in [0.717, 1.165) is 27.8 Å². The average Bonchev–Trinajstić information content (AvgIpc) is 3.39. The third kappa shape index (κ3) is 4.25. The van der Waals surface area contributed by atoms with E-state index in [1.807, 2.05) is 61.5 Å². The van der Waals surface area contributed by atoms with Crippen molar-refractivity contribution >= 4 is 28.4 Å². The Morgan fingerprint density at radius 1 is 1.09 bits per heavy atom. The standard InChI is InChI=1S/C26H23F2N5O2/c1-16-12-20(10-11-29-16)33-22-9-8-19(13-18(22)15-30-33)32-23(34)14-21(31-25(35)26(2,27)28)24(32)17-6-4-3-5-7-17/h3-13,15,21,24H,14H2,1-2H3,(H,31,35)/t21-,24+/m1/s1. The van der Waals surface area contributed by atoms with Gasteiger partial charge in [-0.15, -0.1) is 0 Å². The fourth-order valence-electron chi connectivity index (χ4n) is 4.53. The molecule has 35 heavy (non-hydrogen) atoms. The molecule has 1 N–H and O–H groups in total. The number of aromatic nitrogens is 3. The zero-order valence-electron chi connectivity index (χ0n) is 19.2. The van der Waals surface area contributed by atoms with Gasteiger partial charge in [-0.1, -0.05) is 30.3 Å². The largest absolute Gasteiger partial charge is 0.345 e. The number of alkyl halides is 2. The van der Waals surface area contributed by atoms with Gasteiger partial charge in [0.05, 0.1) is 29.5 Å². The first-order valence-electron chi connectivity index (χ1n) is 11.2. The molecule has 1 fully saturated rings. The molecule has 2 aromatic carbocycles. The number of anilines is 1. The lowest BCUT2D eigenvalue weighted by Gasteiger charge is -2.29. The number of rotatable bonds is 5. The number of carbonyl (C=O) groups is 2. The molecule has 0 bridgehead atoms. The Labute approximate surface area is 200 Å². The molecule has 2 aromatic heterocycles. The van der Waals surface area contributed by atoms with Crippen LogP contribution in [0.2, 0.25) is 0 Å². The highest BCUT2D eigenvalue weighted by molar-refractivity contribution is 6.00. The first-order chi connectivity index (χ1) is 16.7. The third-order valence-corrected chi connectivity index (χ3v) is 6.13. The molecule has 7 nitrogen and oxygen atoms in total. The lowest BCUT2D eigenvalue weighted by molar-refractivity contribution is -0.143. The molecular weight excluding hydrogens is 452 g/mol. The van der Waals surface area contributed by atoms with E-state index in [2.05, 4.69) is 15.4 Å². The molecule has 0 saturated carbocycles. The first-order valence-corrected chi connectivity index (χ1v) is 11.2. The van der Waals surface area contributed by atoms with Gasteiger partial charge in [0.15, 0.2) is 0 Å². The number of benzene rings is 2. The van der Waals surface area contributed by atoms with Gasteiger partial charge >= 0.3 is 5.92 Å². The van der Waals surface area contributed by atoms with Gasteiger partial charge in [-0.2, -0.15) is 13.9 Å². The molecule has 5 rings (SSSR count). The Morgan fingerprint density at radius 3 is 2.57 bits per heavy atom. The van der Waals surface area contributed by atoms with Crippen LogP contribution in [0.3, 0.4) is 0 Å². The normalized spacial score (nSPS) is 18.3. The van der Waals surface area contributed by atoms with Gasteiger partial charge in [0, 0.05) is 36.3 Å². The molecule has 1 aliphatic heterocycles. The first kappa shape index (κ1) is 22.6. The van der Waals surface area contributed by atoms with Crippen LogP contribution < -0.4 is 10.2 Å². The topological polar surface area (TPSA) is 80.1 Å². The zero-order valence-corrected chi connectivity index (χ0v) is 19.2. The van der Waals surface area contributed by atoms with E-state index < -0.39 is 23.9 Å². The molecular formula is C26H23F2N5O2. The van der Waals surface area contributed by atoms with Crippen LogP contribution in [-0.4, -0.2) is 38.5 Å². The summed E-state index contributed by atoms with van der Waals surface area (Å²) in [6, 6.07) is 17.0. The number of halogens is 2. The van der Waals surface area contributed by atoms with Crippen LogP contribution in [0.5, 0.6) is 0 Å². The van der Waals surface area contributed by atoms with E-state index in [1.54, 1.807) is 28.0 Å². The van der Waals surface area contributed by atoms with Crippen molar-refractivity contribution < 1.29 is 18.4 Å². The molecule has 178 valence electrons. The molecule has 0 radical (unpaired) electrons. The molecule has 3 heterocycles. The molecule has 2 amide bonds. The summed E-state index contributed by atoms with van der Waals surface area (Å²) < 4.78 is 29.1. The van der Waals surface area contributed by atoms with Crippen LogP contribution in [0.25, 0.3) is 16.6 Å². The number of aryl methyl sites for hydroxylation is 1. The highest BCUT2D eigenvalue weighted by Gasteiger charge is 2.45. The summed E-state index contributed by atoms with van der Waals surface area (Å²) in [5.74, 6) is -5.21. The summed E-state index contributed by atoms with van der Waals surface area (Å²) in [6.45, 7) is 2.45. The lowest BCUT2D eigenvalue weighted by Crippen LogP contribution is -2.46. The van der Waals surface area contributed by atoms with E-state index in [0.29, 0.717) is 12.6 Å². The highest BCUT2D eigenvalue weighted by atomic mass is 19.3. The monoisotopic (exact) mass is 475 g/mol. The molecule has 0 spiro atoms. The Morgan fingerprint density at radius 2 is 1.86 bits per heavy atom. The average molecular weight is 475 g/mol. The molecule has 0 unspecified atom stereocenters. The van der Waals surface area contributed by atoms with E-state index >= 15 is 0 Å². The lowest BCUT2D eigenvalue weighted by atomic mass is 9.99. The second-order valence-electron chi connectivity index (χ2n) is 8.75. The summed E-state index contributed by atoms with van der Waals surface area (Å²) in [5, 5.41) is 7.70. The fraction of sp³-hybridized carbons (Fsp3) is 0.231. The van der Waals surface area contributed by atoms with Crippen molar-refractivity contribution in [3.63, 3.8) is 0 Å². The summed E-state index contributed by atoms with van der Waals surface area (Å²) >= 11 is 0. The van der Waals surface area contributed by atoms with Gasteiger partial charge < -0.3 is 10.2 Å². The van der Waals surface area contributed by atoms with Crippen molar-refractivity contribution in [2.45, 2.75) is 38.3 Å². The van der Waals surface area contributed by atoms with Gasteiger partial charge in [-0.05, 0) is 42.8 Å². The molecule has 0 aliphatic carbocycles. The predicted octanol–water partition coefficient (Wildman–Crippen LogP) is 4.35. The Hall–Kier alpha value is -4.14. The predicted molar refractivity (Wildman–Crippen MR) is 127 cm³/mol. The Bertz CT molecular complexity index is 1410. The Balaban J connectivity index is 1.54. The maximum Gasteiger partial charge on any atom is 0.321 e. The number of pyridine rings is 1.